The first-order valence-corrected chi connectivity index (χ1v) is 11.8. The van der Waals surface area contributed by atoms with Crippen molar-refractivity contribution in [2.45, 2.75) is 97.1 Å². The van der Waals surface area contributed by atoms with Gasteiger partial charge in [-0.15, -0.1) is 0 Å². The van der Waals surface area contributed by atoms with Gasteiger partial charge in [-0.25, -0.2) is 4.79 Å². The average Bonchev–Trinajstić information content (AvgIpc) is 2.66. The van der Waals surface area contributed by atoms with Crippen LogP contribution in [0.1, 0.15) is 84.8 Å². The van der Waals surface area contributed by atoms with Crippen molar-refractivity contribution in [3.8, 4) is 5.75 Å². The van der Waals surface area contributed by atoms with E-state index in [1.807, 2.05) is 52.5 Å². The number of likely N-dealkylation sites (tertiary alicyclic amines) is 1. The third-order valence-electron chi connectivity index (χ3n) is 7.26. The van der Waals surface area contributed by atoms with Gasteiger partial charge in [-0.2, -0.15) is 0 Å². The second kappa shape index (κ2) is 7.53. The Morgan fingerprint density at radius 1 is 1.06 bits per heavy atom. The summed E-state index contributed by atoms with van der Waals surface area (Å²) in [6, 6.07) is 6.32. The lowest BCUT2D eigenvalue weighted by atomic mass is 9.52. The average molecular weight is 428 g/mol. The van der Waals surface area contributed by atoms with Gasteiger partial charge in [0, 0.05) is 18.0 Å². The summed E-state index contributed by atoms with van der Waals surface area (Å²) in [7, 11) is 0. The zero-order valence-electron chi connectivity index (χ0n) is 19.9. The highest BCUT2D eigenvalue weighted by molar-refractivity contribution is 5.78. The molecule has 0 unspecified atom stereocenters. The molecule has 1 amide bonds. The fourth-order valence-electron chi connectivity index (χ4n) is 5.86. The molecule has 1 saturated heterocycles. The number of fused-ring (bicyclic) bond motifs is 1. The number of hydrogen-bond donors (Lipinski definition) is 0. The molecule has 0 radical (unpaired) electrons. The van der Waals surface area contributed by atoms with Gasteiger partial charge in [-0.3, -0.25) is 4.79 Å². The predicted molar refractivity (Wildman–Crippen MR) is 120 cm³/mol. The number of benzene rings is 1. The van der Waals surface area contributed by atoms with Crippen LogP contribution >= 0.6 is 0 Å². The number of hydrogen-bond acceptors (Lipinski definition) is 4. The van der Waals surface area contributed by atoms with E-state index in [1.54, 1.807) is 0 Å². The van der Waals surface area contributed by atoms with Crippen LogP contribution in [-0.2, 0) is 21.4 Å². The molecule has 1 aromatic carbocycles. The molecule has 0 N–H and O–H groups in total. The molecule has 1 saturated carbocycles. The topological polar surface area (TPSA) is 55.8 Å². The number of amides is 1. The smallest absolute Gasteiger partial charge is 0.410 e. The van der Waals surface area contributed by atoms with Crippen molar-refractivity contribution in [2.24, 2.45) is 11.3 Å². The predicted octanol–water partition coefficient (Wildman–Crippen LogP) is 5.63. The highest BCUT2D eigenvalue weighted by Gasteiger charge is 2.55. The molecule has 1 aromatic rings. The summed E-state index contributed by atoms with van der Waals surface area (Å²) in [5, 5.41) is 0. The van der Waals surface area contributed by atoms with Crippen molar-refractivity contribution in [1.82, 2.24) is 4.90 Å². The van der Waals surface area contributed by atoms with Crippen LogP contribution in [0.3, 0.4) is 0 Å². The fourth-order valence-corrected chi connectivity index (χ4v) is 5.86. The summed E-state index contributed by atoms with van der Waals surface area (Å²) < 4.78 is 11.5. The van der Waals surface area contributed by atoms with Crippen molar-refractivity contribution in [2.75, 3.05) is 6.54 Å². The minimum atomic E-state index is -0.536. The van der Waals surface area contributed by atoms with E-state index in [0.29, 0.717) is 11.7 Å². The summed E-state index contributed by atoms with van der Waals surface area (Å²) >= 11 is 0. The second-order valence-corrected chi connectivity index (χ2v) is 11.7. The maximum Gasteiger partial charge on any atom is 0.410 e. The fraction of sp³-hybridized carbons (Fsp3) is 0.692. The molecule has 5 heteroatoms. The number of ether oxygens (including phenoxy) is 2. The molecule has 4 rings (SSSR count). The Bertz CT molecular complexity index is 878. The van der Waals surface area contributed by atoms with Gasteiger partial charge in [0.05, 0.1) is 5.41 Å². The van der Waals surface area contributed by atoms with E-state index in [2.05, 4.69) is 12.1 Å². The first-order valence-electron chi connectivity index (χ1n) is 11.8. The standard InChI is InChI=1S/C26H37NO4/c1-24(2,3)22(28)30-18-11-10-17-15-21-19-9-7-8-12-26(19,20(17)16-18)13-14-27(21)23(29)31-25(4,5)6/h10-11,16,19,21H,7-9,12-15H2,1-6H3/t19-,21+,26+/m0/s1. The minimum Gasteiger partial charge on any atom is -0.444 e. The molecule has 1 aliphatic heterocycles. The number of esters is 1. The van der Waals surface area contributed by atoms with Crippen molar-refractivity contribution < 1.29 is 19.1 Å². The van der Waals surface area contributed by atoms with E-state index >= 15 is 0 Å². The Labute approximate surface area is 186 Å². The Kier molecular flexibility index (Phi) is 5.38. The van der Waals surface area contributed by atoms with Gasteiger partial charge >= 0.3 is 12.1 Å². The Morgan fingerprint density at radius 3 is 2.48 bits per heavy atom. The van der Waals surface area contributed by atoms with Gasteiger partial charge in [0.25, 0.3) is 0 Å². The first kappa shape index (κ1) is 22.2. The SMILES string of the molecule is CC(C)(C)OC(=O)N1CC[C@]23CCCC[C@H]2[C@H]1Cc1ccc(OC(=O)C(C)(C)C)cc13. The lowest BCUT2D eigenvalue weighted by Gasteiger charge is -2.58. The van der Waals surface area contributed by atoms with Gasteiger partial charge in [-0.05, 0) is 96.4 Å². The summed E-state index contributed by atoms with van der Waals surface area (Å²) in [4.78, 5) is 27.5. The van der Waals surface area contributed by atoms with Crippen molar-refractivity contribution in [1.29, 1.82) is 0 Å². The highest BCUT2D eigenvalue weighted by atomic mass is 16.6. The third-order valence-corrected chi connectivity index (χ3v) is 7.26. The Hall–Kier alpha value is -2.04. The van der Waals surface area contributed by atoms with Gasteiger partial charge in [0.1, 0.15) is 11.4 Å². The molecule has 3 atom stereocenters. The van der Waals surface area contributed by atoms with Crippen molar-refractivity contribution in [3.05, 3.63) is 29.3 Å². The number of piperidine rings is 1. The van der Waals surface area contributed by atoms with Crippen LogP contribution in [0.15, 0.2) is 18.2 Å². The molecule has 170 valence electrons. The molecular formula is C26H37NO4. The molecule has 0 spiro atoms. The molecule has 31 heavy (non-hydrogen) atoms. The number of carbonyl (C=O) groups is 2. The summed E-state index contributed by atoms with van der Waals surface area (Å²) in [6.45, 7) is 12.1. The molecule has 0 aromatic heterocycles. The normalized spacial score (nSPS) is 27.7. The summed E-state index contributed by atoms with van der Waals surface area (Å²) in [5.74, 6) is 0.868. The van der Waals surface area contributed by atoms with Crippen LogP contribution in [0.25, 0.3) is 0 Å². The maximum absolute atomic E-state index is 13.0. The highest BCUT2D eigenvalue weighted by Crippen LogP contribution is 2.56. The largest absolute Gasteiger partial charge is 0.444 e. The van der Waals surface area contributed by atoms with Gasteiger partial charge in [0.2, 0.25) is 0 Å². The quantitative estimate of drug-likeness (QED) is 0.430. The minimum absolute atomic E-state index is 0.0686. The second-order valence-electron chi connectivity index (χ2n) is 11.7. The van der Waals surface area contributed by atoms with Crippen molar-refractivity contribution in [3.63, 3.8) is 0 Å². The van der Waals surface area contributed by atoms with Crippen LogP contribution in [-0.4, -0.2) is 35.2 Å². The van der Waals surface area contributed by atoms with Gasteiger partial charge < -0.3 is 14.4 Å². The van der Waals surface area contributed by atoms with Gasteiger partial charge in [0.15, 0.2) is 0 Å². The van der Waals surface area contributed by atoms with E-state index in [0.717, 1.165) is 32.2 Å². The monoisotopic (exact) mass is 427 g/mol. The zero-order valence-corrected chi connectivity index (χ0v) is 19.9. The van der Waals surface area contributed by atoms with Crippen LogP contribution in [0, 0.1) is 11.3 Å². The summed E-state index contributed by atoms with van der Waals surface area (Å²) in [5.41, 5.74) is 1.67. The van der Waals surface area contributed by atoms with Crippen LogP contribution in [0.2, 0.25) is 0 Å². The lowest BCUT2D eigenvalue weighted by Crippen LogP contribution is -2.62. The van der Waals surface area contributed by atoms with Crippen LogP contribution < -0.4 is 4.74 Å². The Morgan fingerprint density at radius 2 is 1.81 bits per heavy atom. The Balaban J connectivity index is 1.68. The van der Waals surface area contributed by atoms with Crippen LogP contribution in [0.5, 0.6) is 5.75 Å². The molecule has 3 aliphatic rings. The number of nitrogens with zero attached hydrogens (tertiary/aromatic N) is 1. The van der Waals surface area contributed by atoms with E-state index in [1.165, 1.54) is 24.0 Å². The number of rotatable bonds is 1. The van der Waals surface area contributed by atoms with Crippen LogP contribution in [0.4, 0.5) is 4.79 Å². The number of carbonyl (C=O) groups excluding carboxylic acids is 2. The summed E-state index contributed by atoms with van der Waals surface area (Å²) in [6.07, 6.45) is 6.29. The van der Waals surface area contributed by atoms with Crippen molar-refractivity contribution >= 4 is 12.1 Å². The van der Waals surface area contributed by atoms with E-state index in [-0.39, 0.29) is 23.5 Å². The molecule has 2 fully saturated rings. The molecule has 2 bridgehead atoms. The van der Waals surface area contributed by atoms with E-state index in [4.69, 9.17) is 9.47 Å². The lowest BCUT2D eigenvalue weighted by molar-refractivity contribution is -0.143. The molecular weight excluding hydrogens is 390 g/mol. The maximum atomic E-state index is 13.0. The zero-order chi connectivity index (χ0) is 22.6. The van der Waals surface area contributed by atoms with Gasteiger partial charge in [-0.1, -0.05) is 18.9 Å². The first-order chi connectivity index (χ1) is 14.4. The molecule has 5 nitrogen and oxygen atoms in total. The molecule has 2 aliphatic carbocycles. The van der Waals surface area contributed by atoms with E-state index < -0.39 is 11.0 Å². The third kappa shape index (κ3) is 4.08. The molecule has 1 heterocycles. The van der Waals surface area contributed by atoms with E-state index in [9.17, 15) is 9.59 Å².